The van der Waals surface area contributed by atoms with Crippen molar-refractivity contribution in [3.63, 3.8) is 0 Å². The number of nitrogens with zero attached hydrogens (tertiary/aromatic N) is 3. The van der Waals surface area contributed by atoms with Gasteiger partial charge in [-0.2, -0.15) is 0 Å². The topological polar surface area (TPSA) is 43.9 Å². The highest BCUT2D eigenvalue weighted by Crippen LogP contribution is 2.19. The number of piperazine rings is 1. The van der Waals surface area contributed by atoms with Crippen LogP contribution in [0.15, 0.2) is 0 Å². The van der Waals surface area contributed by atoms with Crippen molar-refractivity contribution in [2.75, 3.05) is 39.3 Å². The lowest BCUT2D eigenvalue weighted by Crippen LogP contribution is -2.52. The summed E-state index contributed by atoms with van der Waals surface area (Å²) >= 11 is 0. The van der Waals surface area contributed by atoms with Crippen LogP contribution in [-0.4, -0.2) is 71.8 Å². The van der Waals surface area contributed by atoms with Gasteiger partial charge in [-0.05, 0) is 13.5 Å². The average Bonchev–Trinajstić information content (AvgIpc) is 2.64. The van der Waals surface area contributed by atoms with Gasteiger partial charge in [0.15, 0.2) is 0 Å². The lowest BCUT2D eigenvalue weighted by atomic mass is 10.2. The van der Waals surface area contributed by atoms with E-state index in [1.807, 2.05) is 6.92 Å². The Morgan fingerprint density at radius 2 is 1.71 bits per heavy atom. The highest BCUT2D eigenvalue weighted by Gasteiger charge is 2.41. The van der Waals surface area contributed by atoms with Crippen LogP contribution in [0.1, 0.15) is 20.3 Å². The fraction of sp³-hybridized carbons (Fsp3) is 0.833. The molecular weight excluding hydrogens is 218 g/mol. The summed E-state index contributed by atoms with van der Waals surface area (Å²) in [4.78, 5) is 29.6. The molecule has 5 heteroatoms. The molecule has 0 aromatic carbocycles. The van der Waals surface area contributed by atoms with E-state index in [9.17, 15) is 9.59 Å². The smallest absolute Gasteiger partial charge is 0.247 e. The third kappa shape index (κ3) is 2.35. The highest BCUT2D eigenvalue weighted by atomic mass is 16.2. The second kappa shape index (κ2) is 5.14. The molecule has 0 aliphatic carbocycles. The molecule has 2 rings (SSSR count). The SMILES string of the molecule is CCN1CCN(C2CC(=O)N(CC)C2=O)CC1. The number of carbonyl (C=O) groups is 2. The molecule has 2 aliphatic rings. The van der Waals surface area contributed by atoms with Crippen molar-refractivity contribution in [2.45, 2.75) is 26.3 Å². The summed E-state index contributed by atoms with van der Waals surface area (Å²) < 4.78 is 0. The molecule has 0 aromatic rings. The first-order valence-corrected chi connectivity index (χ1v) is 6.48. The van der Waals surface area contributed by atoms with Crippen LogP contribution < -0.4 is 0 Å². The number of imide groups is 1. The van der Waals surface area contributed by atoms with E-state index in [2.05, 4.69) is 16.7 Å². The summed E-state index contributed by atoms with van der Waals surface area (Å²) in [6, 6.07) is -0.193. The number of carbonyl (C=O) groups excluding carboxylic acids is 2. The van der Waals surface area contributed by atoms with E-state index >= 15 is 0 Å². The van der Waals surface area contributed by atoms with E-state index in [1.54, 1.807) is 0 Å². The number of likely N-dealkylation sites (N-methyl/N-ethyl adjacent to an activating group) is 2. The molecule has 96 valence electrons. The van der Waals surface area contributed by atoms with Gasteiger partial charge in [0, 0.05) is 32.7 Å². The molecule has 0 aromatic heterocycles. The number of rotatable bonds is 3. The van der Waals surface area contributed by atoms with E-state index in [-0.39, 0.29) is 17.9 Å². The van der Waals surface area contributed by atoms with Gasteiger partial charge in [-0.1, -0.05) is 6.92 Å². The minimum atomic E-state index is -0.193. The first-order valence-electron chi connectivity index (χ1n) is 6.48. The predicted molar refractivity (Wildman–Crippen MR) is 64.5 cm³/mol. The fourth-order valence-electron chi connectivity index (χ4n) is 2.67. The summed E-state index contributed by atoms with van der Waals surface area (Å²) in [6.45, 7) is 9.37. The van der Waals surface area contributed by atoms with Gasteiger partial charge in [0.1, 0.15) is 0 Å². The fourth-order valence-corrected chi connectivity index (χ4v) is 2.67. The van der Waals surface area contributed by atoms with Crippen molar-refractivity contribution in [1.29, 1.82) is 0 Å². The summed E-state index contributed by atoms with van der Waals surface area (Å²) in [5.74, 6) is -0.0112. The van der Waals surface area contributed by atoms with Gasteiger partial charge in [0.2, 0.25) is 11.8 Å². The van der Waals surface area contributed by atoms with Crippen LogP contribution >= 0.6 is 0 Å². The van der Waals surface area contributed by atoms with Crippen molar-refractivity contribution in [3.05, 3.63) is 0 Å². The van der Waals surface area contributed by atoms with E-state index in [4.69, 9.17) is 0 Å². The summed E-state index contributed by atoms with van der Waals surface area (Å²) in [6.07, 6.45) is 0.374. The minimum absolute atomic E-state index is 0.00227. The molecule has 2 heterocycles. The van der Waals surface area contributed by atoms with Crippen molar-refractivity contribution < 1.29 is 9.59 Å². The zero-order chi connectivity index (χ0) is 12.4. The van der Waals surface area contributed by atoms with E-state index in [1.165, 1.54) is 4.90 Å². The Balaban J connectivity index is 1.96. The second-order valence-electron chi connectivity index (χ2n) is 4.67. The minimum Gasteiger partial charge on any atom is -0.301 e. The molecule has 2 aliphatic heterocycles. The summed E-state index contributed by atoms with van der Waals surface area (Å²) in [7, 11) is 0. The van der Waals surface area contributed by atoms with Crippen LogP contribution in [0.2, 0.25) is 0 Å². The maximum Gasteiger partial charge on any atom is 0.247 e. The van der Waals surface area contributed by atoms with Gasteiger partial charge in [-0.3, -0.25) is 19.4 Å². The van der Waals surface area contributed by atoms with Gasteiger partial charge >= 0.3 is 0 Å². The highest BCUT2D eigenvalue weighted by molar-refractivity contribution is 6.05. The van der Waals surface area contributed by atoms with Crippen molar-refractivity contribution >= 4 is 11.8 Å². The van der Waals surface area contributed by atoms with Crippen LogP contribution in [0.4, 0.5) is 0 Å². The molecule has 0 N–H and O–H groups in total. The maximum atomic E-state index is 12.0. The second-order valence-corrected chi connectivity index (χ2v) is 4.67. The summed E-state index contributed by atoms with van der Waals surface area (Å²) in [5, 5.41) is 0. The molecule has 0 radical (unpaired) electrons. The third-order valence-electron chi connectivity index (χ3n) is 3.83. The molecule has 0 spiro atoms. The molecule has 2 amide bonds. The normalized spacial score (nSPS) is 28.1. The van der Waals surface area contributed by atoms with Crippen molar-refractivity contribution in [2.24, 2.45) is 0 Å². The Labute approximate surface area is 102 Å². The zero-order valence-electron chi connectivity index (χ0n) is 10.7. The Hall–Kier alpha value is -0.940. The van der Waals surface area contributed by atoms with Crippen molar-refractivity contribution in [3.8, 4) is 0 Å². The van der Waals surface area contributed by atoms with Crippen LogP contribution in [0.5, 0.6) is 0 Å². The quantitative estimate of drug-likeness (QED) is 0.638. The molecule has 2 saturated heterocycles. The van der Waals surface area contributed by atoms with Crippen molar-refractivity contribution in [1.82, 2.24) is 14.7 Å². The molecule has 0 saturated carbocycles. The number of hydrogen-bond acceptors (Lipinski definition) is 4. The van der Waals surface area contributed by atoms with Gasteiger partial charge in [-0.25, -0.2) is 0 Å². The van der Waals surface area contributed by atoms with Crippen LogP contribution in [0, 0.1) is 0 Å². The Morgan fingerprint density at radius 1 is 1.06 bits per heavy atom. The Bertz CT molecular complexity index is 311. The van der Waals surface area contributed by atoms with Gasteiger partial charge in [0.05, 0.1) is 12.5 Å². The van der Waals surface area contributed by atoms with Gasteiger partial charge in [-0.15, -0.1) is 0 Å². The lowest BCUT2D eigenvalue weighted by Gasteiger charge is -2.36. The van der Waals surface area contributed by atoms with E-state index in [0.29, 0.717) is 13.0 Å². The Kier molecular flexibility index (Phi) is 3.79. The lowest BCUT2D eigenvalue weighted by molar-refractivity contribution is -0.139. The first kappa shape index (κ1) is 12.5. The van der Waals surface area contributed by atoms with Crippen LogP contribution in [0.3, 0.4) is 0 Å². The van der Waals surface area contributed by atoms with Gasteiger partial charge < -0.3 is 4.90 Å². The third-order valence-corrected chi connectivity index (χ3v) is 3.83. The Morgan fingerprint density at radius 3 is 2.18 bits per heavy atom. The summed E-state index contributed by atoms with van der Waals surface area (Å²) in [5.41, 5.74) is 0. The van der Waals surface area contributed by atoms with Gasteiger partial charge in [0.25, 0.3) is 0 Å². The molecule has 17 heavy (non-hydrogen) atoms. The zero-order valence-corrected chi connectivity index (χ0v) is 10.7. The number of likely N-dealkylation sites (tertiary alicyclic amines) is 1. The first-order chi connectivity index (χ1) is 8.17. The molecule has 1 atom stereocenters. The predicted octanol–water partition coefficient (Wildman–Crippen LogP) is -0.229. The molecule has 5 nitrogen and oxygen atoms in total. The average molecular weight is 239 g/mol. The molecule has 1 unspecified atom stereocenters. The van der Waals surface area contributed by atoms with Crippen LogP contribution in [-0.2, 0) is 9.59 Å². The maximum absolute atomic E-state index is 12.0. The van der Waals surface area contributed by atoms with E-state index in [0.717, 1.165) is 32.7 Å². The van der Waals surface area contributed by atoms with E-state index < -0.39 is 0 Å². The standard InChI is InChI=1S/C12H21N3O2/c1-3-13-5-7-14(8-6-13)10-9-11(16)15(4-2)12(10)17/h10H,3-9H2,1-2H3. The molecule has 2 fully saturated rings. The molecule has 0 bridgehead atoms. The number of amides is 2. The molecular formula is C12H21N3O2. The largest absolute Gasteiger partial charge is 0.301 e. The number of hydrogen-bond donors (Lipinski definition) is 0. The van der Waals surface area contributed by atoms with Crippen LogP contribution in [0.25, 0.3) is 0 Å². The monoisotopic (exact) mass is 239 g/mol.